The van der Waals surface area contributed by atoms with Gasteiger partial charge in [-0.25, -0.2) is 9.69 Å². The van der Waals surface area contributed by atoms with E-state index in [9.17, 15) is 19.5 Å². The summed E-state index contributed by atoms with van der Waals surface area (Å²) in [6, 6.07) is 3.99. The molecule has 2 rings (SSSR count). The fraction of sp³-hybridized carbons (Fsp3) is 0.214. The van der Waals surface area contributed by atoms with E-state index in [1.807, 2.05) is 0 Å². The number of aromatic hydroxyl groups is 1. The monoisotopic (exact) mass is 306 g/mol. The van der Waals surface area contributed by atoms with Gasteiger partial charge in [0.1, 0.15) is 12.2 Å². The lowest BCUT2D eigenvalue weighted by atomic mass is 10.1. The Morgan fingerprint density at radius 1 is 1.36 bits per heavy atom. The highest BCUT2D eigenvalue weighted by Gasteiger charge is 2.35. The third kappa shape index (κ3) is 2.85. The van der Waals surface area contributed by atoms with Crippen molar-refractivity contribution in [2.45, 2.75) is 0 Å². The van der Waals surface area contributed by atoms with Crippen LogP contribution in [-0.2, 0) is 14.3 Å². The summed E-state index contributed by atoms with van der Waals surface area (Å²) >= 11 is 0. The second kappa shape index (κ2) is 6.17. The maximum absolute atomic E-state index is 12.1. The predicted molar refractivity (Wildman–Crippen MR) is 74.9 cm³/mol. The molecule has 0 radical (unpaired) electrons. The Kier molecular flexibility index (Phi) is 4.31. The van der Waals surface area contributed by atoms with Crippen LogP contribution >= 0.6 is 0 Å². The van der Waals surface area contributed by atoms with Crippen molar-refractivity contribution in [2.24, 2.45) is 0 Å². The number of benzene rings is 1. The molecule has 1 aliphatic rings. The van der Waals surface area contributed by atoms with E-state index >= 15 is 0 Å². The number of methoxy groups -OCH3 is 2. The van der Waals surface area contributed by atoms with Crippen LogP contribution in [-0.4, -0.2) is 48.7 Å². The number of hydrogen-bond donors (Lipinski definition) is 2. The van der Waals surface area contributed by atoms with Gasteiger partial charge in [0.15, 0.2) is 11.5 Å². The van der Waals surface area contributed by atoms with E-state index in [1.165, 1.54) is 13.2 Å². The van der Waals surface area contributed by atoms with Gasteiger partial charge in [-0.15, -0.1) is 0 Å². The number of carbonyl (C=O) groups excluding carboxylic acids is 3. The van der Waals surface area contributed by atoms with Gasteiger partial charge in [0.25, 0.3) is 5.91 Å². The first kappa shape index (κ1) is 15.4. The number of urea groups is 1. The van der Waals surface area contributed by atoms with Crippen LogP contribution in [0.5, 0.6) is 11.5 Å². The van der Waals surface area contributed by atoms with Crippen molar-refractivity contribution in [1.82, 2.24) is 10.2 Å². The normalized spacial score (nSPS) is 15.9. The molecule has 1 aliphatic heterocycles. The number of amides is 3. The molecule has 0 unspecified atom stereocenters. The third-order valence-electron chi connectivity index (χ3n) is 3.03. The van der Waals surface area contributed by atoms with E-state index in [0.29, 0.717) is 5.56 Å². The zero-order chi connectivity index (χ0) is 16.3. The van der Waals surface area contributed by atoms with Crippen molar-refractivity contribution in [1.29, 1.82) is 0 Å². The SMILES string of the molecule is COC(=O)CN1C(=O)N/C(=C/c2cccc(OC)c2O)C1=O. The number of carbonyl (C=O) groups is 3. The van der Waals surface area contributed by atoms with Crippen molar-refractivity contribution in [3.05, 3.63) is 29.5 Å². The third-order valence-corrected chi connectivity index (χ3v) is 3.03. The largest absolute Gasteiger partial charge is 0.504 e. The second-order valence-electron chi connectivity index (χ2n) is 4.35. The molecular formula is C14H14N2O6. The van der Waals surface area contributed by atoms with Crippen LogP contribution < -0.4 is 10.1 Å². The van der Waals surface area contributed by atoms with Gasteiger partial charge in [0.05, 0.1) is 14.2 Å². The van der Waals surface area contributed by atoms with Gasteiger partial charge in [-0.2, -0.15) is 0 Å². The second-order valence-corrected chi connectivity index (χ2v) is 4.35. The summed E-state index contributed by atoms with van der Waals surface area (Å²) in [7, 11) is 2.55. The minimum absolute atomic E-state index is 0.0579. The summed E-state index contributed by atoms with van der Waals surface area (Å²) in [5, 5.41) is 12.3. The first-order valence-electron chi connectivity index (χ1n) is 6.25. The van der Waals surface area contributed by atoms with Crippen molar-refractivity contribution in [2.75, 3.05) is 20.8 Å². The number of para-hydroxylation sites is 1. The van der Waals surface area contributed by atoms with Crippen molar-refractivity contribution < 1.29 is 29.0 Å². The molecule has 0 spiro atoms. The van der Waals surface area contributed by atoms with Gasteiger partial charge >= 0.3 is 12.0 Å². The van der Waals surface area contributed by atoms with E-state index in [1.54, 1.807) is 18.2 Å². The van der Waals surface area contributed by atoms with Gasteiger partial charge in [0, 0.05) is 5.56 Å². The lowest BCUT2D eigenvalue weighted by molar-refractivity contribution is -0.143. The first-order chi connectivity index (χ1) is 10.5. The predicted octanol–water partition coefficient (Wildman–Crippen LogP) is 0.466. The molecule has 1 aromatic carbocycles. The Morgan fingerprint density at radius 2 is 2.09 bits per heavy atom. The highest BCUT2D eigenvalue weighted by molar-refractivity contribution is 6.15. The molecule has 0 aromatic heterocycles. The lowest BCUT2D eigenvalue weighted by Crippen LogP contribution is -2.36. The number of ether oxygens (including phenoxy) is 2. The summed E-state index contributed by atoms with van der Waals surface area (Å²) in [5.74, 6) is -1.32. The standard InChI is InChI=1S/C14H14N2O6/c1-21-10-5-3-4-8(12(10)18)6-9-13(19)16(14(20)15-9)7-11(17)22-2/h3-6,18H,7H2,1-2H3,(H,15,20)/b9-6+. The van der Waals surface area contributed by atoms with Crippen LogP contribution in [0.1, 0.15) is 5.56 Å². The van der Waals surface area contributed by atoms with E-state index < -0.39 is 24.5 Å². The van der Waals surface area contributed by atoms with Gasteiger partial charge < -0.3 is 19.9 Å². The smallest absolute Gasteiger partial charge is 0.329 e. The molecule has 2 N–H and O–H groups in total. The summed E-state index contributed by atoms with van der Waals surface area (Å²) in [5.41, 5.74) is 0.236. The van der Waals surface area contributed by atoms with Gasteiger partial charge in [0.2, 0.25) is 0 Å². The van der Waals surface area contributed by atoms with Crippen molar-refractivity contribution in [3.63, 3.8) is 0 Å². The van der Waals surface area contributed by atoms with Gasteiger partial charge in [-0.3, -0.25) is 9.59 Å². The van der Waals surface area contributed by atoms with Crippen LogP contribution in [0, 0.1) is 0 Å². The van der Waals surface area contributed by atoms with E-state index in [4.69, 9.17) is 4.74 Å². The maximum Gasteiger partial charge on any atom is 0.329 e. The molecule has 1 aromatic rings. The summed E-state index contributed by atoms with van der Waals surface area (Å²) in [6.45, 7) is -0.484. The molecule has 3 amide bonds. The molecule has 0 aliphatic carbocycles. The molecule has 22 heavy (non-hydrogen) atoms. The van der Waals surface area contributed by atoms with Gasteiger partial charge in [-0.05, 0) is 12.1 Å². The zero-order valence-corrected chi connectivity index (χ0v) is 12.0. The minimum atomic E-state index is -0.732. The number of esters is 1. The number of nitrogens with one attached hydrogen (secondary N) is 1. The number of hydrogen-bond acceptors (Lipinski definition) is 6. The number of imide groups is 1. The maximum atomic E-state index is 12.1. The molecule has 0 atom stereocenters. The molecule has 116 valence electrons. The van der Waals surface area contributed by atoms with Crippen LogP contribution in [0.4, 0.5) is 4.79 Å². The number of rotatable bonds is 4. The highest BCUT2D eigenvalue weighted by atomic mass is 16.5. The minimum Gasteiger partial charge on any atom is -0.504 e. The van der Waals surface area contributed by atoms with Crippen molar-refractivity contribution in [3.8, 4) is 11.5 Å². The molecule has 8 nitrogen and oxygen atoms in total. The van der Waals surface area contributed by atoms with Crippen LogP contribution in [0.3, 0.4) is 0 Å². The number of phenolic OH excluding ortho intramolecular Hbond substituents is 1. The highest BCUT2D eigenvalue weighted by Crippen LogP contribution is 2.31. The van der Waals surface area contributed by atoms with Crippen LogP contribution in [0.15, 0.2) is 23.9 Å². The van der Waals surface area contributed by atoms with Crippen molar-refractivity contribution >= 4 is 24.0 Å². The van der Waals surface area contributed by atoms with Crippen LogP contribution in [0.25, 0.3) is 6.08 Å². The Balaban J connectivity index is 2.29. The van der Waals surface area contributed by atoms with Gasteiger partial charge in [-0.1, -0.05) is 12.1 Å². The average molecular weight is 306 g/mol. The fourth-order valence-electron chi connectivity index (χ4n) is 1.88. The summed E-state index contributed by atoms with van der Waals surface area (Å²) in [6.07, 6.45) is 1.30. The number of nitrogens with zero attached hydrogens (tertiary/aromatic N) is 1. The molecule has 8 heteroatoms. The van der Waals surface area contributed by atoms with E-state index in [-0.39, 0.29) is 17.2 Å². The Bertz CT molecular complexity index is 667. The topological polar surface area (TPSA) is 105 Å². The number of phenols is 1. The quantitative estimate of drug-likeness (QED) is 0.476. The summed E-state index contributed by atoms with van der Waals surface area (Å²) < 4.78 is 9.39. The molecule has 1 heterocycles. The first-order valence-corrected chi connectivity index (χ1v) is 6.25. The zero-order valence-electron chi connectivity index (χ0n) is 12.0. The summed E-state index contributed by atoms with van der Waals surface area (Å²) in [4.78, 5) is 35.7. The molecular weight excluding hydrogens is 292 g/mol. The Morgan fingerprint density at radius 3 is 2.73 bits per heavy atom. The van der Waals surface area contributed by atoms with E-state index in [0.717, 1.165) is 12.0 Å². The molecule has 0 bridgehead atoms. The lowest BCUT2D eigenvalue weighted by Gasteiger charge is -2.09. The fourth-order valence-corrected chi connectivity index (χ4v) is 1.88. The van der Waals surface area contributed by atoms with Crippen LogP contribution in [0.2, 0.25) is 0 Å². The average Bonchev–Trinajstić information content (AvgIpc) is 2.76. The molecule has 1 saturated heterocycles. The molecule has 0 saturated carbocycles. The Hall–Kier alpha value is -3.03. The van der Waals surface area contributed by atoms with E-state index in [2.05, 4.69) is 10.1 Å². The Labute approximate surface area is 125 Å². The molecule has 1 fully saturated rings.